The summed E-state index contributed by atoms with van der Waals surface area (Å²) in [6.45, 7) is 8.14. The smallest absolute Gasteiger partial charge is 0.290 e. The number of thioether (sulfide) groups is 1. The van der Waals surface area contributed by atoms with Gasteiger partial charge in [-0.3, -0.25) is 19.7 Å². The van der Waals surface area contributed by atoms with Gasteiger partial charge in [0.25, 0.3) is 17.1 Å². The van der Waals surface area contributed by atoms with Gasteiger partial charge >= 0.3 is 0 Å². The third-order valence-electron chi connectivity index (χ3n) is 6.29. The van der Waals surface area contributed by atoms with Crippen LogP contribution >= 0.6 is 11.8 Å². The van der Waals surface area contributed by atoms with Gasteiger partial charge in [-0.15, -0.1) is 0 Å². The molecule has 3 N–H and O–H groups in total. The molecular formula is C26H28N2O6S. The molecule has 0 bridgehead atoms. The maximum Gasteiger partial charge on any atom is 0.290 e. The zero-order valence-corrected chi connectivity index (χ0v) is 21.0. The molecule has 2 aromatic rings. The molecule has 35 heavy (non-hydrogen) atoms. The van der Waals surface area contributed by atoms with Crippen LogP contribution in [0.5, 0.6) is 17.2 Å². The number of ether oxygens (including phenoxy) is 3. The molecule has 8 nitrogen and oxygen atoms in total. The summed E-state index contributed by atoms with van der Waals surface area (Å²) in [6.07, 6.45) is 3.22. The van der Waals surface area contributed by atoms with Crippen LogP contribution in [0.1, 0.15) is 41.2 Å². The highest BCUT2D eigenvalue weighted by molar-refractivity contribution is 8.18. The van der Waals surface area contributed by atoms with Crippen LogP contribution in [0, 0.1) is 20.8 Å². The molecule has 1 saturated heterocycles. The van der Waals surface area contributed by atoms with Crippen molar-refractivity contribution in [3.8, 4) is 17.2 Å². The van der Waals surface area contributed by atoms with Crippen molar-refractivity contribution in [2.24, 2.45) is 5.73 Å². The van der Waals surface area contributed by atoms with Gasteiger partial charge in [0.05, 0.1) is 4.91 Å². The van der Waals surface area contributed by atoms with Crippen molar-refractivity contribution in [2.75, 3.05) is 13.2 Å². The van der Waals surface area contributed by atoms with Crippen LogP contribution < -0.4 is 25.3 Å². The van der Waals surface area contributed by atoms with E-state index in [1.807, 2.05) is 52.0 Å². The van der Waals surface area contributed by atoms with E-state index in [2.05, 4.69) is 5.32 Å². The second-order valence-corrected chi connectivity index (χ2v) is 10.0. The average Bonchev–Trinajstić information content (AvgIpc) is 3.13. The van der Waals surface area contributed by atoms with E-state index < -0.39 is 11.5 Å². The van der Waals surface area contributed by atoms with E-state index in [4.69, 9.17) is 19.9 Å². The topological polar surface area (TPSA) is 117 Å². The average molecular weight is 497 g/mol. The Morgan fingerprint density at radius 1 is 1.14 bits per heavy atom. The molecule has 1 fully saturated rings. The molecule has 2 heterocycles. The standard InChI is InChI=1S/C26H28N2O6S/c1-14-15(2)23-19(16(3)22(14)32-12-21(27)29)9-10-26(4,34-23)13-33-18-7-5-17(6-8-18)11-20-24(30)28-25(31)35-20/h5-8,11H,9-10,12-13H2,1-4H3,(H2,27,29)(H,28,30,31). The monoisotopic (exact) mass is 496 g/mol. The molecule has 0 radical (unpaired) electrons. The third-order valence-corrected chi connectivity index (χ3v) is 7.10. The first-order chi connectivity index (χ1) is 16.6. The van der Waals surface area contributed by atoms with Crippen LogP contribution in [0.4, 0.5) is 4.79 Å². The van der Waals surface area contributed by atoms with Crippen LogP contribution in [0.25, 0.3) is 6.08 Å². The first-order valence-electron chi connectivity index (χ1n) is 11.3. The van der Waals surface area contributed by atoms with E-state index in [1.165, 1.54) is 0 Å². The molecule has 0 spiro atoms. The molecule has 2 aromatic carbocycles. The van der Waals surface area contributed by atoms with Crippen LogP contribution in [0.3, 0.4) is 0 Å². The zero-order valence-electron chi connectivity index (χ0n) is 20.2. The van der Waals surface area contributed by atoms with Crippen molar-refractivity contribution in [2.45, 2.75) is 46.1 Å². The molecule has 4 rings (SSSR count). The highest BCUT2D eigenvalue weighted by Crippen LogP contribution is 2.44. The van der Waals surface area contributed by atoms with Gasteiger partial charge in [-0.25, -0.2) is 0 Å². The molecule has 184 valence electrons. The summed E-state index contributed by atoms with van der Waals surface area (Å²) in [4.78, 5) is 34.6. The number of hydrogen-bond acceptors (Lipinski definition) is 7. The number of amides is 3. The van der Waals surface area contributed by atoms with Gasteiger partial charge in [0.1, 0.15) is 29.5 Å². The quantitative estimate of drug-likeness (QED) is 0.557. The van der Waals surface area contributed by atoms with Gasteiger partial charge in [0.15, 0.2) is 6.61 Å². The first-order valence-corrected chi connectivity index (χ1v) is 12.1. The number of carbonyl (C=O) groups is 3. The Morgan fingerprint density at radius 3 is 2.49 bits per heavy atom. The normalized spacial score (nSPS) is 20.3. The lowest BCUT2D eigenvalue weighted by molar-refractivity contribution is -0.120. The summed E-state index contributed by atoms with van der Waals surface area (Å²) in [5.74, 6) is 1.32. The SMILES string of the molecule is Cc1c(C)c2c(c(C)c1OCC(N)=O)CCC(C)(COc1ccc(C=C3SC(=O)NC3=O)cc1)O2. The molecule has 1 unspecified atom stereocenters. The van der Waals surface area contributed by atoms with E-state index in [9.17, 15) is 14.4 Å². The zero-order chi connectivity index (χ0) is 25.3. The number of fused-ring (bicyclic) bond motifs is 1. The lowest BCUT2D eigenvalue weighted by Crippen LogP contribution is -2.42. The van der Waals surface area contributed by atoms with Gasteiger partial charge in [0.2, 0.25) is 0 Å². The van der Waals surface area contributed by atoms with E-state index in [1.54, 1.807) is 6.08 Å². The fourth-order valence-electron chi connectivity index (χ4n) is 4.21. The maximum atomic E-state index is 11.7. The van der Waals surface area contributed by atoms with Crippen molar-refractivity contribution in [3.05, 3.63) is 57.0 Å². The minimum Gasteiger partial charge on any atom is -0.489 e. The summed E-state index contributed by atoms with van der Waals surface area (Å²) in [5.41, 5.74) is 9.47. The predicted octanol–water partition coefficient (Wildman–Crippen LogP) is 3.96. The molecule has 2 aliphatic heterocycles. The van der Waals surface area contributed by atoms with E-state index in [-0.39, 0.29) is 17.8 Å². The highest BCUT2D eigenvalue weighted by Gasteiger charge is 2.35. The number of hydrogen-bond donors (Lipinski definition) is 2. The van der Waals surface area contributed by atoms with Crippen molar-refractivity contribution in [1.82, 2.24) is 5.32 Å². The minimum atomic E-state index is -0.522. The van der Waals surface area contributed by atoms with Crippen LogP contribution in [-0.4, -0.2) is 35.9 Å². The highest BCUT2D eigenvalue weighted by atomic mass is 32.2. The number of primary amides is 1. The Hall–Kier alpha value is -3.46. The Morgan fingerprint density at radius 2 is 1.86 bits per heavy atom. The fraction of sp³-hybridized carbons (Fsp3) is 0.346. The molecule has 0 saturated carbocycles. The van der Waals surface area contributed by atoms with Gasteiger partial charge in [-0.05, 0) is 92.8 Å². The second kappa shape index (κ2) is 9.65. The number of benzene rings is 2. The van der Waals surface area contributed by atoms with Crippen LogP contribution in [-0.2, 0) is 16.0 Å². The second-order valence-electron chi connectivity index (χ2n) is 9.03. The summed E-state index contributed by atoms with van der Waals surface area (Å²) in [5, 5.41) is 1.88. The number of imide groups is 1. The molecule has 0 aliphatic carbocycles. The fourth-order valence-corrected chi connectivity index (χ4v) is 4.89. The first kappa shape index (κ1) is 24.7. The molecule has 9 heteroatoms. The van der Waals surface area contributed by atoms with Gasteiger partial charge in [-0.1, -0.05) is 12.1 Å². The van der Waals surface area contributed by atoms with Gasteiger partial charge in [-0.2, -0.15) is 0 Å². The van der Waals surface area contributed by atoms with E-state index >= 15 is 0 Å². The van der Waals surface area contributed by atoms with Gasteiger partial charge < -0.3 is 19.9 Å². The Bertz CT molecular complexity index is 1240. The summed E-state index contributed by atoms with van der Waals surface area (Å²) >= 11 is 0.889. The van der Waals surface area contributed by atoms with Crippen molar-refractivity contribution in [1.29, 1.82) is 0 Å². The maximum absolute atomic E-state index is 11.7. The van der Waals surface area contributed by atoms with Crippen molar-refractivity contribution in [3.63, 3.8) is 0 Å². The third kappa shape index (κ3) is 5.30. The molecule has 3 amide bonds. The number of rotatable bonds is 7. The summed E-state index contributed by atoms with van der Waals surface area (Å²) < 4.78 is 18.2. The molecule has 1 atom stereocenters. The number of nitrogens with one attached hydrogen (secondary N) is 1. The van der Waals surface area contributed by atoms with Crippen molar-refractivity contribution >= 4 is 34.9 Å². The predicted molar refractivity (Wildman–Crippen MR) is 134 cm³/mol. The lowest BCUT2D eigenvalue weighted by atomic mass is 9.87. The van der Waals surface area contributed by atoms with E-state index in [0.29, 0.717) is 23.0 Å². The largest absolute Gasteiger partial charge is 0.489 e. The Labute approximate surface area is 208 Å². The Kier molecular flexibility index (Phi) is 6.80. The van der Waals surface area contributed by atoms with Crippen LogP contribution in [0.15, 0.2) is 29.2 Å². The van der Waals surface area contributed by atoms with E-state index in [0.717, 1.165) is 58.2 Å². The minimum absolute atomic E-state index is 0.160. The molecule has 0 aromatic heterocycles. The Balaban J connectivity index is 1.45. The van der Waals surface area contributed by atoms with Gasteiger partial charge in [0, 0.05) is 5.56 Å². The number of nitrogens with two attached hydrogens (primary N) is 1. The summed E-state index contributed by atoms with van der Waals surface area (Å²) in [7, 11) is 0. The lowest BCUT2D eigenvalue weighted by Gasteiger charge is -2.38. The summed E-state index contributed by atoms with van der Waals surface area (Å²) in [6, 6.07) is 7.33. The molecule has 2 aliphatic rings. The number of carbonyl (C=O) groups excluding carboxylic acids is 3. The molecular weight excluding hydrogens is 468 g/mol. The van der Waals surface area contributed by atoms with Crippen molar-refractivity contribution < 1.29 is 28.6 Å². The van der Waals surface area contributed by atoms with Crippen LogP contribution in [0.2, 0.25) is 0 Å².